The summed E-state index contributed by atoms with van der Waals surface area (Å²) in [4.78, 5) is 3.82. The maximum Gasteiger partial charge on any atom is 0.119 e. The summed E-state index contributed by atoms with van der Waals surface area (Å²) >= 11 is 1.81. The van der Waals surface area contributed by atoms with E-state index in [2.05, 4.69) is 46.8 Å². The highest BCUT2D eigenvalue weighted by Crippen LogP contribution is 2.14. The van der Waals surface area contributed by atoms with Crippen molar-refractivity contribution >= 4 is 11.3 Å². The number of likely N-dealkylation sites (N-methyl/N-ethyl adjacent to an activating group) is 1. The Balaban J connectivity index is 1.78. The van der Waals surface area contributed by atoms with Gasteiger partial charge in [-0.15, -0.1) is 11.3 Å². The summed E-state index contributed by atoms with van der Waals surface area (Å²) in [5, 5.41) is 5.29. The Morgan fingerprint density at radius 2 is 2.14 bits per heavy atom. The Morgan fingerprint density at radius 3 is 2.86 bits per heavy atom. The van der Waals surface area contributed by atoms with Crippen molar-refractivity contribution in [3.8, 4) is 5.75 Å². The number of hydrogen-bond donors (Lipinski definition) is 1. The van der Waals surface area contributed by atoms with Crippen LogP contribution in [0.3, 0.4) is 0 Å². The monoisotopic (exact) mass is 304 g/mol. The van der Waals surface area contributed by atoms with Crippen molar-refractivity contribution in [2.24, 2.45) is 0 Å². The number of benzene rings is 1. The van der Waals surface area contributed by atoms with Gasteiger partial charge in [-0.05, 0) is 42.7 Å². The summed E-state index contributed by atoms with van der Waals surface area (Å²) in [6, 6.07) is 12.6. The van der Waals surface area contributed by atoms with E-state index in [1.54, 1.807) is 0 Å². The fourth-order valence-electron chi connectivity index (χ4n) is 2.21. The molecule has 114 valence electrons. The van der Waals surface area contributed by atoms with Crippen LogP contribution in [0.2, 0.25) is 0 Å². The SMILES string of the molecule is CCN(CCOc1cccc(CNC)c1)Cc1cccs1. The van der Waals surface area contributed by atoms with Gasteiger partial charge in [-0.3, -0.25) is 4.90 Å². The molecule has 3 nitrogen and oxygen atoms in total. The average molecular weight is 304 g/mol. The molecule has 0 bridgehead atoms. The molecule has 0 spiro atoms. The Kier molecular flexibility index (Phi) is 6.73. The molecule has 2 rings (SSSR count). The second-order valence-corrected chi connectivity index (χ2v) is 6.01. The minimum atomic E-state index is 0.724. The Labute approximate surface area is 131 Å². The molecule has 0 aliphatic carbocycles. The largest absolute Gasteiger partial charge is 0.492 e. The van der Waals surface area contributed by atoms with Crippen LogP contribution in [0.15, 0.2) is 41.8 Å². The van der Waals surface area contributed by atoms with Gasteiger partial charge in [-0.1, -0.05) is 25.1 Å². The van der Waals surface area contributed by atoms with E-state index in [4.69, 9.17) is 4.74 Å². The molecule has 4 heteroatoms. The first-order valence-corrected chi connectivity index (χ1v) is 8.31. The van der Waals surface area contributed by atoms with Gasteiger partial charge >= 0.3 is 0 Å². The van der Waals surface area contributed by atoms with Crippen LogP contribution in [0, 0.1) is 0 Å². The molecule has 2 aromatic rings. The van der Waals surface area contributed by atoms with Gasteiger partial charge in [0.25, 0.3) is 0 Å². The molecule has 1 aromatic heterocycles. The van der Waals surface area contributed by atoms with Gasteiger partial charge in [0.15, 0.2) is 0 Å². The molecule has 0 unspecified atom stereocenters. The molecule has 1 N–H and O–H groups in total. The summed E-state index contributed by atoms with van der Waals surface area (Å²) in [5.41, 5.74) is 1.25. The van der Waals surface area contributed by atoms with E-state index in [1.807, 2.05) is 30.5 Å². The number of thiophene rings is 1. The first-order valence-electron chi connectivity index (χ1n) is 7.43. The predicted octanol–water partition coefficient (Wildman–Crippen LogP) is 3.37. The highest BCUT2D eigenvalue weighted by Gasteiger charge is 2.05. The molecule has 21 heavy (non-hydrogen) atoms. The molecule has 0 atom stereocenters. The zero-order valence-corrected chi connectivity index (χ0v) is 13.7. The van der Waals surface area contributed by atoms with E-state index < -0.39 is 0 Å². The number of rotatable bonds is 9. The second-order valence-electron chi connectivity index (χ2n) is 4.97. The lowest BCUT2D eigenvalue weighted by atomic mass is 10.2. The van der Waals surface area contributed by atoms with E-state index in [0.29, 0.717) is 0 Å². The lowest BCUT2D eigenvalue weighted by Crippen LogP contribution is -2.27. The highest BCUT2D eigenvalue weighted by atomic mass is 32.1. The van der Waals surface area contributed by atoms with Gasteiger partial charge in [-0.25, -0.2) is 0 Å². The first-order chi connectivity index (χ1) is 10.3. The fraction of sp³-hybridized carbons (Fsp3) is 0.412. The van der Waals surface area contributed by atoms with E-state index >= 15 is 0 Å². The van der Waals surface area contributed by atoms with Crippen LogP contribution < -0.4 is 10.1 Å². The zero-order valence-electron chi connectivity index (χ0n) is 12.8. The summed E-state index contributed by atoms with van der Waals surface area (Å²) in [6.45, 7) is 6.79. The van der Waals surface area contributed by atoms with Crippen molar-refractivity contribution in [1.82, 2.24) is 10.2 Å². The van der Waals surface area contributed by atoms with Crippen LogP contribution in [0.1, 0.15) is 17.4 Å². The van der Waals surface area contributed by atoms with Gasteiger partial charge in [-0.2, -0.15) is 0 Å². The van der Waals surface area contributed by atoms with Gasteiger partial charge < -0.3 is 10.1 Å². The Bertz CT molecular complexity index is 513. The van der Waals surface area contributed by atoms with Gasteiger partial charge in [0.2, 0.25) is 0 Å². The molecule has 0 saturated heterocycles. The number of hydrogen-bond acceptors (Lipinski definition) is 4. The van der Waals surface area contributed by atoms with Crippen molar-refractivity contribution in [3.05, 3.63) is 52.2 Å². The van der Waals surface area contributed by atoms with Crippen LogP contribution in [-0.2, 0) is 13.1 Å². The van der Waals surface area contributed by atoms with Gasteiger partial charge in [0, 0.05) is 24.5 Å². The minimum Gasteiger partial charge on any atom is -0.492 e. The van der Waals surface area contributed by atoms with E-state index in [0.717, 1.165) is 38.5 Å². The summed E-state index contributed by atoms with van der Waals surface area (Å²) in [6.07, 6.45) is 0. The van der Waals surface area contributed by atoms with E-state index in [9.17, 15) is 0 Å². The normalized spacial score (nSPS) is 11.0. The summed E-state index contributed by atoms with van der Waals surface area (Å²) < 4.78 is 5.88. The van der Waals surface area contributed by atoms with Gasteiger partial charge in [0.1, 0.15) is 12.4 Å². The number of nitrogens with one attached hydrogen (secondary N) is 1. The zero-order chi connectivity index (χ0) is 14.9. The quantitative estimate of drug-likeness (QED) is 0.769. The lowest BCUT2D eigenvalue weighted by molar-refractivity contribution is 0.211. The minimum absolute atomic E-state index is 0.724. The standard InChI is InChI=1S/C17H24N2OS/c1-3-19(14-17-8-5-11-21-17)9-10-20-16-7-4-6-15(12-16)13-18-2/h4-8,11-12,18H,3,9-10,13-14H2,1-2H3. The summed E-state index contributed by atoms with van der Waals surface area (Å²) in [5.74, 6) is 0.954. The molecule has 0 aliphatic rings. The molecule has 0 aliphatic heterocycles. The van der Waals surface area contributed by atoms with Crippen molar-refractivity contribution in [2.45, 2.75) is 20.0 Å². The van der Waals surface area contributed by atoms with Crippen molar-refractivity contribution in [3.63, 3.8) is 0 Å². The maximum absolute atomic E-state index is 5.88. The van der Waals surface area contributed by atoms with Crippen LogP contribution >= 0.6 is 11.3 Å². The molecular weight excluding hydrogens is 280 g/mol. The molecule has 0 saturated carbocycles. The Hall–Kier alpha value is -1.36. The van der Waals surface area contributed by atoms with Crippen LogP contribution in [0.25, 0.3) is 0 Å². The first kappa shape index (κ1) is 16.0. The predicted molar refractivity (Wildman–Crippen MR) is 90.0 cm³/mol. The Morgan fingerprint density at radius 1 is 1.24 bits per heavy atom. The third kappa shape index (κ3) is 5.50. The van der Waals surface area contributed by atoms with Crippen LogP contribution in [0.4, 0.5) is 0 Å². The molecule has 1 heterocycles. The molecule has 0 amide bonds. The third-order valence-corrected chi connectivity index (χ3v) is 4.22. The summed E-state index contributed by atoms with van der Waals surface area (Å²) in [7, 11) is 1.96. The smallest absolute Gasteiger partial charge is 0.119 e. The fourth-order valence-corrected chi connectivity index (χ4v) is 2.96. The highest BCUT2D eigenvalue weighted by molar-refractivity contribution is 7.09. The van der Waals surface area contributed by atoms with Crippen LogP contribution in [-0.4, -0.2) is 31.6 Å². The van der Waals surface area contributed by atoms with E-state index in [1.165, 1.54) is 10.4 Å². The number of ether oxygens (including phenoxy) is 1. The van der Waals surface area contributed by atoms with Crippen molar-refractivity contribution in [2.75, 3.05) is 26.7 Å². The molecule has 0 fully saturated rings. The molecular formula is C17H24N2OS. The number of nitrogens with zero attached hydrogens (tertiary/aromatic N) is 1. The second kappa shape index (κ2) is 8.82. The lowest BCUT2D eigenvalue weighted by Gasteiger charge is -2.19. The third-order valence-electron chi connectivity index (χ3n) is 3.36. The van der Waals surface area contributed by atoms with Gasteiger partial charge in [0.05, 0.1) is 0 Å². The van der Waals surface area contributed by atoms with Crippen LogP contribution in [0.5, 0.6) is 5.75 Å². The topological polar surface area (TPSA) is 24.5 Å². The van der Waals surface area contributed by atoms with Crippen molar-refractivity contribution in [1.29, 1.82) is 0 Å². The maximum atomic E-state index is 5.88. The van der Waals surface area contributed by atoms with E-state index in [-0.39, 0.29) is 0 Å². The van der Waals surface area contributed by atoms with Crippen molar-refractivity contribution < 1.29 is 4.74 Å². The molecule has 1 aromatic carbocycles. The molecule has 0 radical (unpaired) electrons. The average Bonchev–Trinajstić information content (AvgIpc) is 3.00.